The Morgan fingerprint density at radius 2 is 2.21 bits per heavy atom. The van der Waals surface area contributed by atoms with Crippen LogP contribution in [-0.2, 0) is 4.79 Å². The van der Waals surface area contributed by atoms with Gasteiger partial charge in [-0.1, -0.05) is 6.92 Å². The summed E-state index contributed by atoms with van der Waals surface area (Å²) in [7, 11) is 0. The Balaban J connectivity index is 1.98. The Kier molecular flexibility index (Phi) is 4.14. The molecule has 7 heteroatoms. The van der Waals surface area contributed by atoms with Gasteiger partial charge in [-0.05, 0) is 31.6 Å². The number of carboxylic acids is 1. The van der Waals surface area contributed by atoms with E-state index in [1.165, 1.54) is 6.20 Å². The molecule has 1 aromatic rings. The quantitative estimate of drug-likeness (QED) is 0.874. The predicted octanol–water partition coefficient (Wildman–Crippen LogP) is 1.55. The number of hydrogen-bond donors (Lipinski definition) is 2. The second-order valence-corrected chi connectivity index (χ2v) is 5.80. The number of nitrogens with zero attached hydrogens (tertiary/aromatic N) is 2. The first-order valence-corrected chi connectivity index (χ1v) is 7.06. The lowest BCUT2D eigenvalue weighted by Crippen LogP contribution is -2.45. The van der Waals surface area contributed by atoms with Crippen LogP contribution in [0.15, 0.2) is 6.20 Å². The van der Waals surface area contributed by atoms with E-state index >= 15 is 0 Å². The molecule has 1 aliphatic rings. The Morgan fingerprint density at radius 3 is 2.74 bits per heavy atom. The molecule has 2 N–H and O–H groups in total. The zero-order valence-corrected chi connectivity index (χ0v) is 11.6. The minimum atomic E-state index is -0.828. The number of aromatic nitrogens is 2. The van der Waals surface area contributed by atoms with Gasteiger partial charge in [-0.2, -0.15) is 8.75 Å². The SMILES string of the molecule is CC1CCC(CNC(=O)c2cnsn2)(C(=O)O)CC1. The summed E-state index contributed by atoms with van der Waals surface area (Å²) in [6.07, 6.45) is 4.38. The van der Waals surface area contributed by atoms with Crippen LogP contribution in [0.5, 0.6) is 0 Å². The van der Waals surface area contributed by atoms with Gasteiger partial charge in [-0.3, -0.25) is 9.59 Å². The molecule has 0 aliphatic heterocycles. The van der Waals surface area contributed by atoms with Crippen LogP contribution in [0.4, 0.5) is 0 Å². The van der Waals surface area contributed by atoms with E-state index in [9.17, 15) is 14.7 Å². The highest BCUT2D eigenvalue weighted by Crippen LogP contribution is 2.38. The summed E-state index contributed by atoms with van der Waals surface area (Å²) in [6.45, 7) is 2.29. The van der Waals surface area contributed by atoms with E-state index in [1.807, 2.05) is 0 Å². The van der Waals surface area contributed by atoms with Gasteiger partial charge >= 0.3 is 5.97 Å². The fourth-order valence-electron chi connectivity index (χ4n) is 2.39. The van der Waals surface area contributed by atoms with Crippen LogP contribution in [0.1, 0.15) is 43.1 Å². The molecule has 104 valence electrons. The van der Waals surface area contributed by atoms with Gasteiger partial charge in [0.05, 0.1) is 23.3 Å². The van der Waals surface area contributed by atoms with Crippen LogP contribution >= 0.6 is 11.7 Å². The van der Waals surface area contributed by atoms with Crippen molar-refractivity contribution in [1.29, 1.82) is 0 Å². The number of aliphatic carboxylic acids is 1. The topological polar surface area (TPSA) is 92.2 Å². The second-order valence-electron chi connectivity index (χ2n) is 5.24. The molecule has 0 aromatic carbocycles. The molecule has 0 atom stereocenters. The van der Waals surface area contributed by atoms with Crippen molar-refractivity contribution in [2.45, 2.75) is 32.6 Å². The molecule has 19 heavy (non-hydrogen) atoms. The standard InChI is InChI=1S/C12H17N3O3S/c1-8-2-4-12(5-3-8,11(17)18)7-13-10(16)9-6-14-19-15-9/h6,8H,2-5,7H2,1H3,(H,13,16)(H,17,18). The highest BCUT2D eigenvalue weighted by Gasteiger charge is 2.41. The van der Waals surface area contributed by atoms with Crippen LogP contribution < -0.4 is 5.32 Å². The largest absolute Gasteiger partial charge is 0.481 e. The van der Waals surface area contributed by atoms with E-state index in [-0.39, 0.29) is 18.1 Å². The third-order valence-electron chi connectivity index (χ3n) is 3.87. The maximum absolute atomic E-state index is 11.8. The lowest BCUT2D eigenvalue weighted by atomic mass is 9.71. The maximum atomic E-state index is 11.8. The van der Waals surface area contributed by atoms with Crippen molar-refractivity contribution in [3.05, 3.63) is 11.9 Å². The summed E-state index contributed by atoms with van der Waals surface area (Å²) in [6, 6.07) is 0. The average molecular weight is 283 g/mol. The smallest absolute Gasteiger partial charge is 0.311 e. The summed E-state index contributed by atoms with van der Waals surface area (Å²) in [4.78, 5) is 23.3. The summed E-state index contributed by atoms with van der Waals surface area (Å²) >= 11 is 0.958. The zero-order chi connectivity index (χ0) is 13.9. The Bertz CT molecular complexity index is 453. The van der Waals surface area contributed by atoms with Crippen LogP contribution in [0.3, 0.4) is 0 Å². The molecule has 0 spiro atoms. The first-order valence-electron chi connectivity index (χ1n) is 6.33. The van der Waals surface area contributed by atoms with Gasteiger partial charge in [-0.25, -0.2) is 0 Å². The normalized spacial score (nSPS) is 26.9. The van der Waals surface area contributed by atoms with Crippen molar-refractivity contribution in [3.63, 3.8) is 0 Å². The van der Waals surface area contributed by atoms with E-state index in [2.05, 4.69) is 21.0 Å². The van der Waals surface area contributed by atoms with Crippen LogP contribution in [-0.4, -0.2) is 32.3 Å². The molecule has 0 unspecified atom stereocenters. The molecular weight excluding hydrogens is 266 g/mol. The van der Waals surface area contributed by atoms with Crippen LogP contribution in [0.2, 0.25) is 0 Å². The van der Waals surface area contributed by atoms with Gasteiger partial charge in [0.25, 0.3) is 5.91 Å². The van der Waals surface area contributed by atoms with E-state index in [4.69, 9.17) is 0 Å². The van der Waals surface area contributed by atoms with Crippen molar-refractivity contribution >= 4 is 23.6 Å². The van der Waals surface area contributed by atoms with Crippen molar-refractivity contribution in [2.24, 2.45) is 11.3 Å². The monoisotopic (exact) mass is 283 g/mol. The molecule has 0 radical (unpaired) electrons. The predicted molar refractivity (Wildman–Crippen MR) is 69.9 cm³/mol. The molecule has 1 amide bonds. The highest BCUT2D eigenvalue weighted by atomic mass is 32.1. The average Bonchev–Trinajstić information content (AvgIpc) is 2.92. The summed E-state index contributed by atoms with van der Waals surface area (Å²) in [5.41, 5.74) is -0.583. The fourth-order valence-corrected chi connectivity index (χ4v) is 2.80. The summed E-state index contributed by atoms with van der Waals surface area (Å²) in [5.74, 6) is -0.616. The van der Waals surface area contributed by atoms with E-state index in [0.717, 1.165) is 24.6 Å². The Morgan fingerprint density at radius 1 is 1.53 bits per heavy atom. The third-order valence-corrected chi connectivity index (χ3v) is 4.34. The molecule has 0 bridgehead atoms. The first-order chi connectivity index (χ1) is 9.03. The molecule has 1 aliphatic carbocycles. The number of amides is 1. The third kappa shape index (κ3) is 3.09. The number of carboxylic acid groups (broad SMARTS) is 1. The molecule has 2 rings (SSSR count). The number of rotatable bonds is 4. The number of hydrogen-bond acceptors (Lipinski definition) is 5. The lowest BCUT2D eigenvalue weighted by Gasteiger charge is -2.35. The number of carbonyl (C=O) groups is 2. The van der Waals surface area contributed by atoms with Gasteiger partial charge in [0.1, 0.15) is 0 Å². The van der Waals surface area contributed by atoms with Crippen LogP contribution in [0, 0.1) is 11.3 Å². The van der Waals surface area contributed by atoms with Crippen molar-refractivity contribution in [1.82, 2.24) is 14.1 Å². The fraction of sp³-hybridized carbons (Fsp3) is 0.667. The van der Waals surface area contributed by atoms with Gasteiger partial charge < -0.3 is 10.4 Å². The minimum Gasteiger partial charge on any atom is -0.481 e. The van der Waals surface area contributed by atoms with Crippen molar-refractivity contribution < 1.29 is 14.7 Å². The van der Waals surface area contributed by atoms with Gasteiger partial charge in [0.2, 0.25) is 0 Å². The van der Waals surface area contributed by atoms with Gasteiger partial charge in [0.15, 0.2) is 5.69 Å². The van der Waals surface area contributed by atoms with E-state index in [0.29, 0.717) is 18.8 Å². The molecule has 1 aromatic heterocycles. The van der Waals surface area contributed by atoms with Crippen molar-refractivity contribution in [3.8, 4) is 0 Å². The second kappa shape index (κ2) is 5.64. The highest BCUT2D eigenvalue weighted by molar-refractivity contribution is 6.99. The summed E-state index contributed by atoms with van der Waals surface area (Å²) in [5, 5.41) is 12.1. The lowest BCUT2D eigenvalue weighted by molar-refractivity contribution is -0.151. The Labute approximate surface area is 115 Å². The molecular formula is C12H17N3O3S. The number of nitrogens with one attached hydrogen (secondary N) is 1. The molecule has 6 nitrogen and oxygen atoms in total. The molecule has 0 saturated heterocycles. The van der Waals surface area contributed by atoms with Crippen LogP contribution in [0.25, 0.3) is 0 Å². The first kappa shape index (κ1) is 13.9. The minimum absolute atomic E-state index is 0.158. The molecule has 1 saturated carbocycles. The molecule has 1 fully saturated rings. The maximum Gasteiger partial charge on any atom is 0.311 e. The van der Waals surface area contributed by atoms with E-state index < -0.39 is 11.4 Å². The number of carbonyl (C=O) groups excluding carboxylic acids is 1. The Hall–Kier alpha value is -1.50. The van der Waals surface area contributed by atoms with Gasteiger partial charge in [-0.15, -0.1) is 0 Å². The molecule has 1 heterocycles. The zero-order valence-electron chi connectivity index (χ0n) is 10.8. The summed E-state index contributed by atoms with van der Waals surface area (Å²) < 4.78 is 7.58. The van der Waals surface area contributed by atoms with Crippen molar-refractivity contribution in [2.75, 3.05) is 6.54 Å². The van der Waals surface area contributed by atoms with Gasteiger partial charge in [0, 0.05) is 6.54 Å². The van der Waals surface area contributed by atoms with E-state index in [1.54, 1.807) is 0 Å².